The predicted molar refractivity (Wildman–Crippen MR) is 87.9 cm³/mol. The Balaban J connectivity index is 2.05. The lowest BCUT2D eigenvalue weighted by atomic mass is 10.1. The first-order valence-electron chi connectivity index (χ1n) is 6.91. The van der Waals surface area contributed by atoms with Crippen molar-refractivity contribution in [3.8, 4) is 0 Å². The van der Waals surface area contributed by atoms with Crippen molar-refractivity contribution in [3.63, 3.8) is 0 Å². The average Bonchev–Trinajstić information content (AvgIpc) is 2.99. The summed E-state index contributed by atoms with van der Waals surface area (Å²) in [7, 11) is 1.50. The lowest BCUT2D eigenvalue weighted by Crippen LogP contribution is -2.17. The maximum Gasteiger partial charge on any atom is 0.250 e. The number of amides is 1. The molecule has 0 saturated carbocycles. The van der Waals surface area contributed by atoms with E-state index in [0.717, 1.165) is 17.8 Å². The highest BCUT2D eigenvalue weighted by molar-refractivity contribution is 7.10. The maximum absolute atomic E-state index is 11.5. The van der Waals surface area contributed by atoms with Gasteiger partial charge >= 0.3 is 0 Å². The molecule has 2 N–H and O–H groups in total. The normalized spacial score (nSPS) is 11.9. The molecule has 0 aliphatic heterocycles. The summed E-state index contributed by atoms with van der Waals surface area (Å²) < 4.78 is 4.81. The summed E-state index contributed by atoms with van der Waals surface area (Å²) >= 11 is 1.75. The number of anilines is 2. The van der Waals surface area contributed by atoms with Gasteiger partial charge in [-0.25, -0.2) is 0 Å². The molecule has 2 rings (SSSR count). The van der Waals surface area contributed by atoms with Gasteiger partial charge in [-0.3, -0.25) is 4.79 Å². The van der Waals surface area contributed by atoms with E-state index in [9.17, 15) is 4.79 Å². The number of methoxy groups -OCH3 is 1. The Morgan fingerprint density at radius 1 is 1.29 bits per heavy atom. The molecule has 0 saturated heterocycles. The minimum atomic E-state index is -0.153. The number of nitrogens with one attached hydrogen (secondary N) is 2. The number of benzene rings is 1. The molecule has 0 aliphatic rings. The highest BCUT2D eigenvalue weighted by atomic mass is 32.1. The van der Waals surface area contributed by atoms with Gasteiger partial charge in [-0.1, -0.05) is 19.1 Å². The maximum atomic E-state index is 11.5. The minimum Gasteiger partial charge on any atom is -0.377 e. The lowest BCUT2D eigenvalue weighted by molar-refractivity contribution is -0.119. The van der Waals surface area contributed by atoms with Gasteiger partial charge in [0.2, 0.25) is 5.91 Å². The van der Waals surface area contributed by atoms with Crippen LogP contribution in [0.3, 0.4) is 0 Å². The van der Waals surface area contributed by atoms with Gasteiger partial charge in [0.25, 0.3) is 0 Å². The second-order valence-electron chi connectivity index (χ2n) is 4.68. The molecule has 0 fully saturated rings. The third-order valence-corrected chi connectivity index (χ3v) is 4.04. The minimum absolute atomic E-state index is 0.0600. The zero-order chi connectivity index (χ0) is 15.1. The lowest BCUT2D eigenvalue weighted by Gasteiger charge is -2.17. The van der Waals surface area contributed by atoms with Crippen molar-refractivity contribution in [1.82, 2.24) is 0 Å². The quantitative estimate of drug-likeness (QED) is 0.815. The van der Waals surface area contributed by atoms with Crippen LogP contribution in [0.5, 0.6) is 0 Å². The first-order chi connectivity index (χ1) is 10.2. The van der Waals surface area contributed by atoms with E-state index in [-0.39, 0.29) is 18.6 Å². The number of ether oxygens (including phenoxy) is 1. The van der Waals surface area contributed by atoms with E-state index in [1.54, 1.807) is 11.3 Å². The van der Waals surface area contributed by atoms with Crippen LogP contribution in [0.4, 0.5) is 11.4 Å². The van der Waals surface area contributed by atoms with Crippen molar-refractivity contribution >= 4 is 28.6 Å². The zero-order valence-electron chi connectivity index (χ0n) is 12.3. The van der Waals surface area contributed by atoms with E-state index in [2.05, 4.69) is 35.1 Å². The van der Waals surface area contributed by atoms with Crippen LogP contribution >= 0.6 is 11.3 Å². The fourth-order valence-electron chi connectivity index (χ4n) is 2.08. The second-order valence-corrected chi connectivity index (χ2v) is 5.66. The molecule has 1 atom stereocenters. The average molecular weight is 304 g/mol. The molecule has 0 bridgehead atoms. The van der Waals surface area contributed by atoms with Gasteiger partial charge in [0.05, 0.1) is 6.04 Å². The van der Waals surface area contributed by atoms with Crippen LogP contribution in [0.1, 0.15) is 24.3 Å². The van der Waals surface area contributed by atoms with Gasteiger partial charge in [0.15, 0.2) is 0 Å². The summed E-state index contributed by atoms with van der Waals surface area (Å²) in [5.41, 5.74) is 1.76. The number of carbonyl (C=O) groups is 1. The molecule has 1 amide bonds. The SMILES string of the molecule is CCC(Nc1cccc(NC(=O)COC)c1)c1cccs1. The molecule has 21 heavy (non-hydrogen) atoms. The van der Waals surface area contributed by atoms with Crippen LogP contribution in [0.15, 0.2) is 41.8 Å². The topological polar surface area (TPSA) is 50.4 Å². The van der Waals surface area contributed by atoms with Gasteiger partial charge in [-0.05, 0) is 36.1 Å². The molecule has 2 aromatic rings. The zero-order valence-corrected chi connectivity index (χ0v) is 13.1. The molecule has 1 aromatic heterocycles. The summed E-state index contributed by atoms with van der Waals surface area (Å²) in [6, 6.07) is 12.2. The van der Waals surface area contributed by atoms with Crippen LogP contribution < -0.4 is 10.6 Å². The van der Waals surface area contributed by atoms with Crippen LogP contribution in [-0.2, 0) is 9.53 Å². The van der Waals surface area contributed by atoms with E-state index in [4.69, 9.17) is 4.74 Å². The highest BCUT2D eigenvalue weighted by Crippen LogP contribution is 2.27. The predicted octanol–water partition coefficient (Wildman–Crippen LogP) is 3.90. The molecule has 1 aromatic carbocycles. The summed E-state index contributed by atoms with van der Waals surface area (Å²) in [4.78, 5) is 12.8. The van der Waals surface area contributed by atoms with Gasteiger partial charge in [-0.15, -0.1) is 11.3 Å². The third-order valence-electron chi connectivity index (χ3n) is 3.06. The van der Waals surface area contributed by atoms with Crippen LogP contribution in [-0.4, -0.2) is 19.6 Å². The van der Waals surface area contributed by atoms with Crippen molar-refractivity contribution < 1.29 is 9.53 Å². The van der Waals surface area contributed by atoms with Crippen molar-refractivity contribution in [1.29, 1.82) is 0 Å². The summed E-state index contributed by atoms with van der Waals surface area (Å²) in [5, 5.41) is 8.40. The molecule has 0 aliphatic carbocycles. The Morgan fingerprint density at radius 2 is 2.10 bits per heavy atom. The van der Waals surface area contributed by atoms with Crippen molar-refractivity contribution in [2.75, 3.05) is 24.4 Å². The molecule has 0 radical (unpaired) electrons. The Hall–Kier alpha value is -1.85. The standard InChI is InChI=1S/C16H20N2O2S/c1-3-14(15-8-5-9-21-15)17-12-6-4-7-13(10-12)18-16(19)11-20-2/h4-10,14,17H,3,11H2,1-2H3,(H,18,19). The monoisotopic (exact) mass is 304 g/mol. The number of carbonyl (C=O) groups excluding carboxylic acids is 1. The van der Waals surface area contributed by atoms with E-state index >= 15 is 0 Å². The molecular weight excluding hydrogens is 284 g/mol. The van der Waals surface area contributed by atoms with Crippen LogP contribution in [0.25, 0.3) is 0 Å². The Bertz CT molecular complexity index is 569. The first-order valence-corrected chi connectivity index (χ1v) is 7.79. The van der Waals surface area contributed by atoms with Gasteiger partial charge in [0.1, 0.15) is 6.61 Å². The van der Waals surface area contributed by atoms with E-state index in [1.165, 1.54) is 12.0 Å². The van der Waals surface area contributed by atoms with Crippen molar-refractivity contribution in [2.24, 2.45) is 0 Å². The summed E-state index contributed by atoms with van der Waals surface area (Å²) in [6.45, 7) is 2.21. The van der Waals surface area contributed by atoms with E-state index < -0.39 is 0 Å². The fourth-order valence-corrected chi connectivity index (χ4v) is 2.94. The van der Waals surface area contributed by atoms with Crippen molar-refractivity contribution in [3.05, 3.63) is 46.7 Å². The Labute approximate surface area is 129 Å². The number of rotatable bonds is 7. The highest BCUT2D eigenvalue weighted by Gasteiger charge is 2.10. The number of hydrogen-bond donors (Lipinski definition) is 2. The molecule has 5 heteroatoms. The molecule has 4 nitrogen and oxygen atoms in total. The number of thiophene rings is 1. The van der Waals surface area contributed by atoms with Gasteiger partial charge < -0.3 is 15.4 Å². The van der Waals surface area contributed by atoms with E-state index in [1.807, 2.05) is 24.3 Å². The third kappa shape index (κ3) is 4.58. The molecule has 0 spiro atoms. The second kappa shape index (κ2) is 7.81. The summed E-state index contributed by atoms with van der Waals surface area (Å²) in [6.07, 6.45) is 1.00. The molecule has 112 valence electrons. The molecular formula is C16H20N2O2S. The Kier molecular flexibility index (Phi) is 5.78. The van der Waals surface area contributed by atoms with Crippen molar-refractivity contribution in [2.45, 2.75) is 19.4 Å². The summed E-state index contributed by atoms with van der Waals surface area (Å²) in [5.74, 6) is -0.153. The van der Waals surface area contributed by atoms with Gasteiger partial charge in [0, 0.05) is 23.4 Å². The largest absolute Gasteiger partial charge is 0.377 e. The smallest absolute Gasteiger partial charge is 0.250 e. The number of hydrogen-bond acceptors (Lipinski definition) is 4. The first kappa shape index (κ1) is 15.5. The van der Waals surface area contributed by atoms with Gasteiger partial charge in [-0.2, -0.15) is 0 Å². The molecule has 1 unspecified atom stereocenters. The fraction of sp³-hybridized carbons (Fsp3) is 0.312. The van der Waals surface area contributed by atoms with E-state index in [0.29, 0.717) is 0 Å². The Morgan fingerprint density at radius 3 is 2.76 bits per heavy atom. The van der Waals surface area contributed by atoms with Crippen LogP contribution in [0, 0.1) is 0 Å². The van der Waals surface area contributed by atoms with Crippen LogP contribution in [0.2, 0.25) is 0 Å². The molecule has 1 heterocycles.